The molecule has 0 atom stereocenters. The molecule has 3 N–H and O–H groups in total. The fourth-order valence-electron chi connectivity index (χ4n) is 2.43. The van der Waals surface area contributed by atoms with Crippen molar-refractivity contribution in [3.8, 4) is 5.75 Å². The van der Waals surface area contributed by atoms with E-state index in [-0.39, 0.29) is 24.5 Å². The minimum absolute atomic E-state index is 0.0119. The van der Waals surface area contributed by atoms with Crippen molar-refractivity contribution in [3.63, 3.8) is 0 Å². The van der Waals surface area contributed by atoms with E-state index in [0.29, 0.717) is 17.8 Å². The Balaban J connectivity index is 1.82. The maximum atomic E-state index is 12.1. The first-order valence-corrected chi connectivity index (χ1v) is 9.16. The Labute approximate surface area is 160 Å². The Morgan fingerprint density at radius 1 is 0.926 bits per heavy atom. The van der Waals surface area contributed by atoms with Gasteiger partial charge in [0.2, 0.25) is 11.8 Å². The molecular formula is C21H27N3O3. The molecule has 6 nitrogen and oxygen atoms in total. The van der Waals surface area contributed by atoms with Gasteiger partial charge in [-0.25, -0.2) is 0 Å². The van der Waals surface area contributed by atoms with Gasteiger partial charge in [0.25, 0.3) is 0 Å². The van der Waals surface area contributed by atoms with Gasteiger partial charge in [-0.2, -0.15) is 0 Å². The van der Waals surface area contributed by atoms with Crippen molar-refractivity contribution < 1.29 is 14.3 Å². The largest absolute Gasteiger partial charge is 0.491 e. The van der Waals surface area contributed by atoms with Gasteiger partial charge in [0.1, 0.15) is 5.75 Å². The second-order valence-corrected chi connectivity index (χ2v) is 6.47. The molecule has 0 aliphatic rings. The second-order valence-electron chi connectivity index (χ2n) is 6.47. The molecule has 0 aliphatic heterocycles. The molecule has 6 heteroatoms. The molecule has 0 aliphatic carbocycles. The maximum Gasteiger partial charge on any atom is 0.243 e. The molecule has 0 spiro atoms. The van der Waals surface area contributed by atoms with Gasteiger partial charge in [0.05, 0.1) is 12.6 Å². The van der Waals surface area contributed by atoms with E-state index in [0.717, 1.165) is 17.9 Å². The molecule has 0 fully saturated rings. The predicted octanol–water partition coefficient (Wildman–Crippen LogP) is 4.26. The summed E-state index contributed by atoms with van der Waals surface area (Å²) in [5, 5.41) is 8.71. The topological polar surface area (TPSA) is 79.5 Å². The first-order valence-electron chi connectivity index (χ1n) is 9.16. The first-order chi connectivity index (χ1) is 13.0. The average molecular weight is 369 g/mol. The number of carbonyl (C=O) groups is 2. The van der Waals surface area contributed by atoms with E-state index in [9.17, 15) is 9.59 Å². The normalized spacial score (nSPS) is 10.4. The molecule has 0 heterocycles. The van der Waals surface area contributed by atoms with E-state index in [1.54, 1.807) is 24.3 Å². The summed E-state index contributed by atoms with van der Waals surface area (Å²) < 4.78 is 5.64. The highest BCUT2D eigenvalue weighted by molar-refractivity contribution is 5.94. The van der Waals surface area contributed by atoms with Crippen LogP contribution in [0.5, 0.6) is 5.75 Å². The molecule has 0 radical (unpaired) electrons. The lowest BCUT2D eigenvalue weighted by Gasteiger charge is -2.12. The molecule has 2 rings (SSSR count). The van der Waals surface area contributed by atoms with Crippen LogP contribution in [0, 0.1) is 0 Å². The van der Waals surface area contributed by atoms with Crippen molar-refractivity contribution in [2.24, 2.45) is 0 Å². The van der Waals surface area contributed by atoms with E-state index in [1.165, 1.54) is 0 Å². The Kier molecular flexibility index (Phi) is 7.67. The molecule has 2 aromatic carbocycles. The Morgan fingerprint density at radius 2 is 1.56 bits per heavy atom. The zero-order valence-corrected chi connectivity index (χ0v) is 16.0. The van der Waals surface area contributed by atoms with Crippen molar-refractivity contribution in [1.29, 1.82) is 0 Å². The smallest absolute Gasteiger partial charge is 0.243 e. The molecule has 0 aromatic heterocycles. The molecule has 0 saturated carbocycles. The van der Waals surface area contributed by atoms with Gasteiger partial charge in [-0.15, -0.1) is 0 Å². The Bertz CT molecular complexity index is 758. The van der Waals surface area contributed by atoms with Crippen molar-refractivity contribution in [1.82, 2.24) is 0 Å². The third-order valence-corrected chi connectivity index (χ3v) is 3.59. The number of carbonyl (C=O) groups excluding carboxylic acids is 2. The Morgan fingerprint density at radius 3 is 2.15 bits per heavy atom. The van der Waals surface area contributed by atoms with E-state index < -0.39 is 0 Å². The summed E-state index contributed by atoms with van der Waals surface area (Å²) in [5.41, 5.74) is 2.20. The fourth-order valence-corrected chi connectivity index (χ4v) is 2.43. The first kappa shape index (κ1) is 20.3. The van der Waals surface area contributed by atoms with Crippen LogP contribution >= 0.6 is 0 Å². The van der Waals surface area contributed by atoms with E-state index in [4.69, 9.17) is 4.74 Å². The summed E-state index contributed by atoms with van der Waals surface area (Å²) in [5.74, 6) is 0.589. The van der Waals surface area contributed by atoms with Crippen LogP contribution in [0.15, 0.2) is 48.5 Å². The zero-order chi connectivity index (χ0) is 19.6. The summed E-state index contributed by atoms with van der Waals surface area (Å²) in [6.07, 6.45) is 1.39. The highest BCUT2D eigenvalue weighted by Crippen LogP contribution is 2.18. The molecule has 27 heavy (non-hydrogen) atoms. The minimum atomic E-state index is -0.159. The minimum Gasteiger partial charge on any atom is -0.491 e. The highest BCUT2D eigenvalue weighted by Gasteiger charge is 2.05. The average Bonchev–Trinajstić information content (AvgIpc) is 2.62. The Hall–Kier alpha value is -3.02. The monoisotopic (exact) mass is 369 g/mol. The van der Waals surface area contributed by atoms with E-state index in [1.807, 2.05) is 45.0 Å². The molecule has 2 amide bonds. The van der Waals surface area contributed by atoms with Crippen molar-refractivity contribution in [2.45, 2.75) is 39.7 Å². The number of amides is 2. The van der Waals surface area contributed by atoms with Gasteiger partial charge in [0.15, 0.2) is 0 Å². The number of hydrogen-bond donors (Lipinski definition) is 3. The SMILES string of the molecule is CCCC(=O)Nc1ccc(NC(=O)CNc2cccc(OC(C)C)c2)cc1. The van der Waals surface area contributed by atoms with Crippen molar-refractivity contribution in [2.75, 3.05) is 22.5 Å². The fraction of sp³-hybridized carbons (Fsp3) is 0.333. The molecule has 144 valence electrons. The van der Waals surface area contributed by atoms with Crippen LogP contribution in [0.25, 0.3) is 0 Å². The van der Waals surface area contributed by atoms with Gasteiger partial charge < -0.3 is 20.7 Å². The summed E-state index contributed by atoms with van der Waals surface area (Å²) in [4.78, 5) is 23.7. The van der Waals surface area contributed by atoms with Gasteiger partial charge in [0, 0.05) is 29.5 Å². The van der Waals surface area contributed by atoms with Crippen LogP contribution in [0.3, 0.4) is 0 Å². The van der Waals surface area contributed by atoms with Gasteiger partial charge >= 0.3 is 0 Å². The lowest BCUT2D eigenvalue weighted by atomic mass is 10.2. The summed E-state index contributed by atoms with van der Waals surface area (Å²) >= 11 is 0. The summed E-state index contributed by atoms with van der Waals surface area (Å²) in [6.45, 7) is 6.03. The summed E-state index contributed by atoms with van der Waals surface area (Å²) in [7, 11) is 0. The number of nitrogens with one attached hydrogen (secondary N) is 3. The highest BCUT2D eigenvalue weighted by atomic mass is 16.5. The number of rotatable bonds is 9. The van der Waals surface area contributed by atoms with Gasteiger partial charge in [-0.05, 0) is 56.7 Å². The molecule has 2 aromatic rings. The second kappa shape index (κ2) is 10.2. The van der Waals surface area contributed by atoms with Gasteiger partial charge in [-0.1, -0.05) is 13.0 Å². The number of ether oxygens (including phenoxy) is 1. The third kappa shape index (κ3) is 7.40. The van der Waals surface area contributed by atoms with Gasteiger partial charge in [-0.3, -0.25) is 9.59 Å². The van der Waals surface area contributed by atoms with Crippen LogP contribution in [0.4, 0.5) is 17.1 Å². The number of anilines is 3. The maximum absolute atomic E-state index is 12.1. The predicted molar refractivity (Wildman–Crippen MR) is 109 cm³/mol. The molecular weight excluding hydrogens is 342 g/mol. The van der Waals surface area contributed by atoms with E-state index in [2.05, 4.69) is 16.0 Å². The number of benzene rings is 2. The summed E-state index contributed by atoms with van der Waals surface area (Å²) in [6, 6.07) is 14.6. The molecule has 0 unspecified atom stereocenters. The van der Waals surface area contributed by atoms with Crippen LogP contribution in [-0.2, 0) is 9.59 Å². The lowest BCUT2D eigenvalue weighted by molar-refractivity contribution is -0.116. The van der Waals surface area contributed by atoms with Crippen LogP contribution in [-0.4, -0.2) is 24.5 Å². The quantitative estimate of drug-likeness (QED) is 0.617. The van der Waals surface area contributed by atoms with Crippen molar-refractivity contribution in [3.05, 3.63) is 48.5 Å². The van der Waals surface area contributed by atoms with Crippen LogP contribution in [0.2, 0.25) is 0 Å². The number of hydrogen-bond acceptors (Lipinski definition) is 4. The van der Waals surface area contributed by atoms with E-state index >= 15 is 0 Å². The zero-order valence-electron chi connectivity index (χ0n) is 16.0. The molecule has 0 saturated heterocycles. The van der Waals surface area contributed by atoms with Crippen LogP contribution < -0.4 is 20.7 Å². The third-order valence-electron chi connectivity index (χ3n) is 3.59. The van der Waals surface area contributed by atoms with Crippen molar-refractivity contribution >= 4 is 28.9 Å². The standard InChI is InChI=1S/C21H27N3O3/c1-4-6-20(25)23-16-9-11-17(12-10-16)24-21(26)14-22-18-7-5-8-19(13-18)27-15(2)3/h5,7-13,15,22H,4,6,14H2,1-3H3,(H,23,25)(H,24,26). The lowest BCUT2D eigenvalue weighted by Crippen LogP contribution is -2.21. The molecule has 0 bridgehead atoms. The van der Waals surface area contributed by atoms with Crippen LogP contribution in [0.1, 0.15) is 33.6 Å².